The highest BCUT2D eigenvalue weighted by Crippen LogP contribution is 2.45. The SMILES string of the molecule is CC1=[N+](C)c2ccc(P(=O)(c3ccccc3)c3ccccc3)cc2C1(C)C.[O-][Cl+3]([O-])([O-])[O-]. The van der Waals surface area contributed by atoms with E-state index in [4.69, 9.17) is 18.6 Å². The van der Waals surface area contributed by atoms with Crippen LogP contribution >= 0.6 is 7.14 Å². The summed E-state index contributed by atoms with van der Waals surface area (Å²) in [4.78, 5) is 0. The molecule has 0 saturated carbocycles. The van der Waals surface area contributed by atoms with Crippen LogP contribution in [0.3, 0.4) is 0 Å². The third-order valence-electron chi connectivity index (χ3n) is 6.03. The van der Waals surface area contributed by atoms with Crippen LogP contribution in [0.25, 0.3) is 0 Å². The van der Waals surface area contributed by atoms with Gasteiger partial charge in [0.15, 0.2) is 12.9 Å². The Balaban J connectivity index is 0.000000523. The lowest BCUT2D eigenvalue weighted by Gasteiger charge is -2.22. The zero-order valence-electron chi connectivity index (χ0n) is 18.3. The van der Waals surface area contributed by atoms with Crippen LogP contribution in [0.1, 0.15) is 26.3 Å². The van der Waals surface area contributed by atoms with Gasteiger partial charge in [-0.05, 0) is 26.0 Å². The third-order valence-corrected chi connectivity index (χ3v) is 9.08. The van der Waals surface area contributed by atoms with Crippen LogP contribution in [0.2, 0.25) is 0 Å². The lowest BCUT2D eigenvalue weighted by atomic mass is 9.82. The summed E-state index contributed by atoms with van der Waals surface area (Å²) in [6, 6.07) is 26.1. The Kier molecular flexibility index (Phi) is 6.78. The molecule has 0 fully saturated rings. The Morgan fingerprint density at radius 3 is 1.66 bits per heavy atom. The van der Waals surface area contributed by atoms with Crippen molar-refractivity contribution < 1.29 is 38.0 Å². The summed E-state index contributed by atoms with van der Waals surface area (Å²) in [5.74, 6) is 0. The van der Waals surface area contributed by atoms with E-state index in [1.807, 2.05) is 66.7 Å². The van der Waals surface area contributed by atoms with Gasteiger partial charge in [0.2, 0.25) is 5.69 Å². The average Bonchev–Trinajstić information content (AvgIpc) is 2.93. The molecular weight excluding hydrogens is 449 g/mol. The van der Waals surface area contributed by atoms with Crippen LogP contribution in [0.15, 0.2) is 78.9 Å². The molecule has 0 N–H and O–H groups in total. The number of hydrogen-bond donors (Lipinski definition) is 0. The van der Waals surface area contributed by atoms with Crippen molar-refractivity contribution in [2.24, 2.45) is 0 Å². The van der Waals surface area contributed by atoms with Crippen molar-refractivity contribution in [3.8, 4) is 0 Å². The Morgan fingerprint density at radius 2 is 1.22 bits per heavy atom. The maximum Gasteiger partial charge on any atom is 0.209 e. The number of rotatable bonds is 3. The summed E-state index contributed by atoms with van der Waals surface area (Å²) in [6.45, 7) is 6.66. The Labute approximate surface area is 190 Å². The van der Waals surface area contributed by atoms with Crippen LogP contribution in [-0.4, -0.2) is 17.3 Å². The summed E-state index contributed by atoms with van der Waals surface area (Å²) < 4.78 is 50.8. The summed E-state index contributed by atoms with van der Waals surface area (Å²) in [7, 11) is -5.77. The Bertz CT molecular complexity index is 1140. The van der Waals surface area contributed by atoms with E-state index in [0.29, 0.717) is 0 Å². The highest BCUT2D eigenvalue weighted by Gasteiger charge is 2.43. The minimum absolute atomic E-state index is 0.0711. The van der Waals surface area contributed by atoms with E-state index in [1.165, 1.54) is 17.0 Å². The molecular formula is C24H25ClNO5P. The molecule has 0 unspecified atom stereocenters. The van der Waals surface area contributed by atoms with Gasteiger partial charge in [-0.25, -0.2) is 23.2 Å². The fourth-order valence-corrected chi connectivity index (χ4v) is 6.70. The second kappa shape index (κ2) is 8.91. The first-order valence-corrected chi connectivity index (χ1v) is 12.9. The first-order valence-electron chi connectivity index (χ1n) is 9.92. The number of hydrogen-bond acceptors (Lipinski definition) is 5. The Hall–Kier alpha value is -2.31. The molecule has 32 heavy (non-hydrogen) atoms. The zero-order chi connectivity index (χ0) is 23.7. The summed E-state index contributed by atoms with van der Waals surface area (Å²) in [5.41, 5.74) is 3.68. The van der Waals surface area contributed by atoms with Crippen LogP contribution in [0.4, 0.5) is 5.69 Å². The van der Waals surface area contributed by atoms with E-state index in [0.717, 1.165) is 15.9 Å². The van der Waals surface area contributed by atoms with E-state index in [1.54, 1.807) is 0 Å². The molecule has 1 aliphatic rings. The molecule has 8 heteroatoms. The van der Waals surface area contributed by atoms with E-state index >= 15 is 0 Å². The highest BCUT2D eigenvalue weighted by molar-refractivity contribution is 7.85. The van der Waals surface area contributed by atoms with Crippen molar-refractivity contribution >= 4 is 34.5 Å². The van der Waals surface area contributed by atoms with E-state index in [2.05, 4.69) is 44.5 Å². The number of nitrogens with zero attached hydrogens (tertiary/aromatic N) is 1. The first-order chi connectivity index (χ1) is 14.9. The lowest BCUT2D eigenvalue weighted by Crippen LogP contribution is -2.68. The number of fused-ring (bicyclic) bond motifs is 1. The minimum atomic E-state index is -4.94. The maximum absolute atomic E-state index is 14.6. The molecule has 1 aliphatic heterocycles. The fourth-order valence-electron chi connectivity index (χ4n) is 4.03. The monoisotopic (exact) mass is 473 g/mol. The topological polar surface area (TPSA) is 112 Å². The molecule has 0 amide bonds. The molecule has 6 nitrogen and oxygen atoms in total. The molecule has 0 bridgehead atoms. The molecule has 3 aromatic rings. The normalized spacial score (nSPS) is 15.1. The van der Waals surface area contributed by atoms with Gasteiger partial charge in [-0.2, -0.15) is 0 Å². The summed E-state index contributed by atoms with van der Waals surface area (Å²) in [5, 5.41) is 2.65. The van der Waals surface area contributed by atoms with Gasteiger partial charge < -0.3 is 4.57 Å². The second-order valence-corrected chi connectivity index (χ2v) is 11.7. The molecule has 168 valence electrons. The smallest absolute Gasteiger partial charge is 0.209 e. The molecule has 0 atom stereocenters. The molecule has 0 spiro atoms. The molecule has 0 radical (unpaired) electrons. The predicted molar refractivity (Wildman–Crippen MR) is 115 cm³/mol. The second-order valence-electron chi connectivity index (χ2n) is 8.13. The fraction of sp³-hybridized carbons (Fsp3) is 0.208. The van der Waals surface area contributed by atoms with Crippen LogP contribution in [-0.2, 0) is 9.98 Å². The van der Waals surface area contributed by atoms with Crippen LogP contribution in [0, 0.1) is 10.2 Å². The van der Waals surface area contributed by atoms with Crippen LogP contribution < -0.4 is 34.5 Å². The van der Waals surface area contributed by atoms with Gasteiger partial charge >= 0.3 is 0 Å². The zero-order valence-corrected chi connectivity index (χ0v) is 20.0. The van der Waals surface area contributed by atoms with Gasteiger partial charge in [-0.3, -0.25) is 0 Å². The van der Waals surface area contributed by atoms with Gasteiger partial charge in [0.1, 0.15) is 7.05 Å². The first kappa shape index (κ1) is 24.3. The summed E-state index contributed by atoms with van der Waals surface area (Å²) in [6.07, 6.45) is 0. The van der Waals surface area contributed by atoms with Crippen molar-refractivity contribution in [3.05, 3.63) is 84.4 Å². The van der Waals surface area contributed by atoms with E-state index in [-0.39, 0.29) is 5.41 Å². The lowest BCUT2D eigenvalue weighted by molar-refractivity contribution is -2.00. The number of halogens is 1. The van der Waals surface area contributed by atoms with Crippen LogP contribution in [0.5, 0.6) is 0 Å². The molecule has 0 aliphatic carbocycles. The largest absolute Gasteiger partial charge is 0.309 e. The molecule has 0 aromatic heterocycles. The minimum Gasteiger partial charge on any atom is -0.309 e. The maximum atomic E-state index is 14.6. The molecule has 1 heterocycles. The predicted octanol–water partition coefficient (Wildman–Crippen LogP) is -0.404. The molecule has 0 saturated heterocycles. The molecule has 4 rings (SSSR count). The average molecular weight is 474 g/mol. The van der Waals surface area contributed by atoms with Crippen molar-refractivity contribution in [2.45, 2.75) is 26.2 Å². The standard InChI is InChI=1S/C24H25NOP.ClHO4/c1-18-24(2,3)22-17-21(15-16-23(22)25(18)4)27(26,19-11-7-5-8-12-19)20-13-9-6-10-14-20;2-1(3,4)5/h5-17H,1-4H3;(H,2,3,4,5)/q+1;/p-1. The number of benzene rings is 3. The highest BCUT2D eigenvalue weighted by atomic mass is 35.7. The van der Waals surface area contributed by atoms with Crippen molar-refractivity contribution in [1.82, 2.24) is 0 Å². The molecule has 3 aromatic carbocycles. The van der Waals surface area contributed by atoms with Gasteiger partial charge in [0.25, 0.3) is 0 Å². The van der Waals surface area contributed by atoms with Crippen molar-refractivity contribution in [3.63, 3.8) is 0 Å². The Morgan fingerprint density at radius 1 is 0.781 bits per heavy atom. The van der Waals surface area contributed by atoms with Gasteiger partial charge in [-0.15, -0.1) is 10.2 Å². The third kappa shape index (κ3) is 4.71. The summed E-state index contributed by atoms with van der Waals surface area (Å²) >= 11 is 0. The van der Waals surface area contributed by atoms with Gasteiger partial charge in [-0.1, -0.05) is 60.7 Å². The quantitative estimate of drug-likeness (QED) is 0.379. The van der Waals surface area contributed by atoms with Gasteiger partial charge in [0, 0.05) is 34.5 Å². The van der Waals surface area contributed by atoms with E-state index in [9.17, 15) is 4.57 Å². The van der Waals surface area contributed by atoms with Crippen molar-refractivity contribution in [1.29, 1.82) is 0 Å². The van der Waals surface area contributed by atoms with Gasteiger partial charge in [0.05, 0.1) is 5.41 Å². The van der Waals surface area contributed by atoms with Crippen molar-refractivity contribution in [2.75, 3.05) is 7.05 Å². The van der Waals surface area contributed by atoms with E-state index < -0.39 is 17.4 Å².